The molecule has 0 aliphatic heterocycles. The van der Waals surface area contributed by atoms with Gasteiger partial charge in [0.05, 0.1) is 5.69 Å². The predicted molar refractivity (Wildman–Crippen MR) is 87.8 cm³/mol. The molecule has 4 nitrogen and oxygen atoms in total. The summed E-state index contributed by atoms with van der Waals surface area (Å²) in [7, 11) is 0. The fourth-order valence-corrected chi connectivity index (χ4v) is 2.20. The van der Waals surface area contributed by atoms with Crippen LogP contribution in [0.4, 0.5) is 18.9 Å². The second-order valence-corrected chi connectivity index (χ2v) is 5.57. The smallest absolute Gasteiger partial charge is 0.483 e. The van der Waals surface area contributed by atoms with E-state index in [0.717, 1.165) is 11.6 Å². The molecular weight excluding hydrogens is 335 g/mol. The van der Waals surface area contributed by atoms with Gasteiger partial charge in [0.25, 0.3) is 5.91 Å². The van der Waals surface area contributed by atoms with Crippen molar-refractivity contribution in [3.8, 4) is 11.5 Å². The molecule has 0 atom stereocenters. The molecule has 0 spiro atoms. The van der Waals surface area contributed by atoms with E-state index in [2.05, 4.69) is 10.1 Å². The first-order chi connectivity index (χ1) is 11.8. The van der Waals surface area contributed by atoms with Gasteiger partial charge in [-0.3, -0.25) is 4.79 Å². The zero-order valence-electron chi connectivity index (χ0n) is 13.8. The van der Waals surface area contributed by atoms with Crippen molar-refractivity contribution in [3.63, 3.8) is 0 Å². The molecule has 0 heterocycles. The number of para-hydroxylation sites is 3. The monoisotopic (exact) mass is 353 g/mol. The lowest BCUT2D eigenvalue weighted by molar-refractivity contribution is -0.274. The number of rotatable bonds is 6. The molecule has 1 amide bonds. The van der Waals surface area contributed by atoms with Crippen molar-refractivity contribution in [1.82, 2.24) is 0 Å². The third-order valence-electron chi connectivity index (χ3n) is 3.29. The number of hydrogen-bond donors (Lipinski definition) is 1. The normalized spacial score (nSPS) is 11.3. The van der Waals surface area contributed by atoms with Crippen LogP contribution in [0.3, 0.4) is 0 Å². The molecule has 0 saturated carbocycles. The van der Waals surface area contributed by atoms with Gasteiger partial charge in [-0.25, -0.2) is 0 Å². The van der Waals surface area contributed by atoms with E-state index in [1.807, 2.05) is 26.0 Å². The number of carbonyl (C=O) groups is 1. The molecule has 25 heavy (non-hydrogen) atoms. The molecule has 7 heteroatoms. The van der Waals surface area contributed by atoms with Gasteiger partial charge < -0.3 is 14.8 Å². The highest BCUT2D eigenvalue weighted by molar-refractivity contribution is 5.93. The van der Waals surface area contributed by atoms with E-state index >= 15 is 0 Å². The molecule has 0 bridgehead atoms. The number of benzene rings is 2. The lowest BCUT2D eigenvalue weighted by Crippen LogP contribution is -2.23. The first-order valence-electron chi connectivity index (χ1n) is 7.62. The van der Waals surface area contributed by atoms with E-state index in [4.69, 9.17) is 4.74 Å². The van der Waals surface area contributed by atoms with Gasteiger partial charge in [0.1, 0.15) is 5.75 Å². The average molecular weight is 353 g/mol. The molecule has 134 valence electrons. The van der Waals surface area contributed by atoms with Crippen molar-refractivity contribution >= 4 is 11.6 Å². The second kappa shape index (κ2) is 7.92. The Hall–Kier alpha value is -2.70. The SMILES string of the molecule is CC(C)c1ccccc1OCC(=O)Nc1ccccc1OC(F)(F)F. The Kier molecular flexibility index (Phi) is 5.90. The maximum atomic E-state index is 12.4. The largest absolute Gasteiger partial charge is 0.573 e. The van der Waals surface area contributed by atoms with Crippen molar-refractivity contribution in [2.24, 2.45) is 0 Å². The van der Waals surface area contributed by atoms with Crippen molar-refractivity contribution in [1.29, 1.82) is 0 Å². The van der Waals surface area contributed by atoms with E-state index < -0.39 is 18.0 Å². The summed E-state index contributed by atoms with van der Waals surface area (Å²) in [5.41, 5.74) is 0.863. The van der Waals surface area contributed by atoms with Gasteiger partial charge in [0.15, 0.2) is 12.4 Å². The first-order valence-corrected chi connectivity index (χ1v) is 7.62. The van der Waals surface area contributed by atoms with Gasteiger partial charge in [-0.2, -0.15) is 0 Å². The minimum absolute atomic E-state index is 0.0782. The topological polar surface area (TPSA) is 47.6 Å². The van der Waals surface area contributed by atoms with Crippen LogP contribution in [-0.4, -0.2) is 18.9 Å². The Bertz CT molecular complexity index is 730. The second-order valence-electron chi connectivity index (χ2n) is 5.57. The summed E-state index contributed by atoms with van der Waals surface area (Å²) in [6.07, 6.45) is -4.84. The summed E-state index contributed by atoms with van der Waals surface area (Å²) in [6.45, 7) is 3.66. The summed E-state index contributed by atoms with van der Waals surface area (Å²) < 4.78 is 46.6. The molecule has 0 saturated heterocycles. The lowest BCUT2D eigenvalue weighted by atomic mass is 10.0. The number of carbonyl (C=O) groups excluding carboxylic acids is 1. The van der Waals surface area contributed by atoms with Crippen LogP contribution in [0.25, 0.3) is 0 Å². The number of halogens is 3. The lowest BCUT2D eigenvalue weighted by Gasteiger charge is -2.15. The zero-order valence-corrected chi connectivity index (χ0v) is 13.8. The van der Waals surface area contributed by atoms with Crippen LogP contribution < -0.4 is 14.8 Å². The van der Waals surface area contributed by atoms with E-state index in [-0.39, 0.29) is 18.2 Å². The van der Waals surface area contributed by atoms with E-state index in [1.54, 1.807) is 12.1 Å². The predicted octanol–water partition coefficient (Wildman–Crippen LogP) is 4.73. The van der Waals surface area contributed by atoms with Crippen LogP contribution in [0.1, 0.15) is 25.3 Å². The van der Waals surface area contributed by atoms with Crippen LogP contribution in [0.5, 0.6) is 11.5 Å². The molecule has 0 aliphatic rings. The molecular formula is C18H18F3NO3. The quantitative estimate of drug-likeness (QED) is 0.817. The summed E-state index contributed by atoms with van der Waals surface area (Å²) in [4.78, 5) is 12.0. The van der Waals surface area contributed by atoms with Gasteiger partial charge >= 0.3 is 6.36 Å². The van der Waals surface area contributed by atoms with E-state index in [9.17, 15) is 18.0 Å². The molecule has 2 rings (SSSR count). The van der Waals surface area contributed by atoms with E-state index in [0.29, 0.717) is 5.75 Å². The zero-order chi connectivity index (χ0) is 18.4. The highest BCUT2D eigenvalue weighted by atomic mass is 19.4. The molecule has 2 aromatic carbocycles. The molecule has 0 unspecified atom stereocenters. The number of nitrogens with one attached hydrogen (secondary N) is 1. The average Bonchev–Trinajstić information content (AvgIpc) is 2.53. The Balaban J connectivity index is 2.02. The number of anilines is 1. The number of amides is 1. The highest BCUT2D eigenvalue weighted by Gasteiger charge is 2.32. The van der Waals surface area contributed by atoms with Gasteiger partial charge in [0.2, 0.25) is 0 Å². The Morgan fingerprint density at radius 1 is 1.04 bits per heavy atom. The third kappa shape index (κ3) is 5.70. The summed E-state index contributed by atoms with van der Waals surface area (Å²) in [5.74, 6) is -0.296. The van der Waals surface area contributed by atoms with Crippen LogP contribution >= 0.6 is 0 Å². The maximum absolute atomic E-state index is 12.4. The molecule has 0 radical (unpaired) electrons. The number of ether oxygens (including phenoxy) is 2. The van der Waals surface area contributed by atoms with Crippen molar-refractivity contribution in [2.45, 2.75) is 26.1 Å². The Labute approximate surface area is 143 Å². The Morgan fingerprint density at radius 2 is 1.64 bits per heavy atom. The molecule has 0 aliphatic carbocycles. The maximum Gasteiger partial charge on any atom is 0.573 e. The Morgan fingerprint density at radius 3 is 2.28 bits per heavy atom. The third-order valence-corrected chi connectivity index (χ3v) is 3.29. The van der Waals surface area contributed by atoms with Crippen LogP contribution in [0.15, 0.2) is 48.5 Å². The van der Waals surface area contributed by atoms with Gasteiger partial charge in [-0.05, 0) is 29.7 Å². The molecule has 1 N–H and O–H groups in total. The standard InChI is InChI=1S/C18H18F3NO3/c1-12(2)13-7-3-5-9-15(13)24-11-17(23)22-14-8-4-6-10-16(14)25-18(19,20)21/h3-10,12H,11H2,1-2H3,(H,22,23). The minimum Gasteiger partial charge on any atom is -0.483 e. The van der Waals surface area contributed by atoms with Crippen molar-refractivity contribution in [2.75, 3.05) is 11.9 Å². The number of hydrogen-bond acceptors (Lipinski definition) is 3. The molecule has 0 aromatic heterocycles. The minimum atomic E-state index is -4.84. The molecule has 0 fully saturated rings. The molecule has 2 aromatic rings. The van der Waals surface area contributed by atoms with Crippen LogP contribution in [0.2, 0.25) is 0 Å². The fraction of sp³-hybridized carbons (Fsp3) is 0.278. The number of alkyl halides is 3. The summed E-state index contributed by atoms with van der Waals surface area (Å²) >= 11 is 0. The van der Waals surface area contributed by atoms with Gasteiger partial charge in [-0.15, -0.1) is 13.2 Å². The summed E-state index contributed by atoms with van der Waals surface area (Å²) in [6, 6.07) is 12.6. The van der Waals surface area contributed by atoms with Gasteiger partial charge in [-0.1, -0.05) is 44.2 Å². The van der Waals surface area contributed by atoms with Crippen molar-refractivity contribution < 1.29 is 27.4 Å². The summed E-state index contributed by atoms with van der Waals surface area (Å²) in [5, 5.41) is 2.36. The van der Waals surface area contributed by atoms with Crippen molar-refractivity contribution in [3.05, 3.63) is 54.1 Å². The fourth-order valence-electron chi connectivity index (χ4n) is 2.20. The first kappa shape index (κ1) is 18.6. The highest BCUT2D eigenvalue weighted by Crippen LogP contribution is 2.30. The van der Waals surface area contributed by atoms with Crippen LogP contribution in [0, 0.1) is 0 Å². The van der Waals surface area contributed by atoms with Gasteiger partial charge in [0, 0.05) is 0 Å². The van der Waals surface area contributed by atoms with E-state index in [1.165, 1.54) is 18.2 Å². The van der Waals surface area contributed by atoms with Crippen LogP contribution in [-0.2, 0) is 4.79 Å².